The number of hydrogen-bond acceptors (Lipinski definition) is 7. The molecule has 9 atom stereocenters. The van der Waals surface area contributed by atoms with Crippen LogP contribution in [0.15, 0.2) is 0 Å². The predicted octanol–water partition coefficient (Wildman–Crippen LogP) is 0.952. The van der Waals surface area contributed by atoms with Gasteiger partial charge in [0, 0.05) is 18.8 Å². The number of aliphatic hydroxyl groups is 2. The fourth-order valence-corrected chi connectivity index (χ4v) is 5.62. The first-order chi connectivity index (χ1) is 11.6. The second-order valence-corrected chi connectivity index (χ2v) is 8.64. The molecule has 0 bridgehead atoms. The molecular formula is C18H28O7. The monoisotopic (exact) mass is 356 g/mol. The fraction of sp³-hybridized carbons (Fsp3) is 0.944. The third-order valence-electron chi connectivity index (χ3n) is 6.43. The van der Waals surface area contributed by atoms with Crippen LogP contribution in [0.1, 0.15) is 47.0 Å². The summed E-state index contributed by atoms with van der Waals surface area (Å²) in [5, 5.41) is 21.9. The van der Waals surface area contributed by atoms with Crippen LogP contribution in [-0.2, 0) is 23.7 Å². The SMILES string of the molecule is CC(=O)O[C@H]1C[C@H]2CC[C@H]3O[C@@H]4OC(C)(C)O[C@@H]4[C@@H]3[C@H]2[C@](C)(O)[C@@H]1O. The number of aliphatic hydroxyl groups excluding tert-OH is 1. The van der Waals surface area contributed by atoms with Crippen molar-refractivity contribution in [3.63, 3.8) is 0 Å². The minimum Gasteiger partial charge on any atom is -0.460 e. The first-order valence-electron chi connectivity index (χ1n) is 9.19. The quantitative estimate of drug-likeness (QED) is 0.676. The molecule has 4 rings (SSSR count). The van der Waals surface area contributed by atoms with Gasteiger partial charge in [0.1, 0.15) is 18.3 Å². The summed E-state index contributed by atoms with van der Waals surface area (Å²) >= 11 is 0. The molecule has 2 aliphatic carbocycles. The summed E-state index contributed by atoms with van der Waals surface area (Å²) in [7, 11) is 0. The zero-order chi connectivity index (χ0) is 18.1. The minimum absolute atomic E-state index is 0.0451. The van der Waals surface area contributed by atoms with Crippen LogP contribution in [0.25, 0.3) is 0 Å². The maximum absolute atomic E-state index is 11.4. The van der Waals surface area contributed by atoms with E-state index in [1.54, 1.807) is 6.92 Å². The van der Waals surface area contributed by atoms with Crippen LogP contribution in [-0.4, -0.2) is 58.3 Å². The lowest BCUT2D eigenvalue weighted by Gasteiger charge is -2.54. The smallest absolute Gasteiger partial charge is 0.302 e. The number of carbonyl (C=O) groups is 1. The summed E-state index contributed by atoms with van der Waals surface area (Å²) in [6, 6.07) is 0. The van der Waals surface area contributed by atoms with E-state index in [4.69, 9.17) is 18.9 Å². The van der Waals surface area contributed by atoms with Gasteiger partial charge in [-0.05, 0) is 46.0 Å². The highest BCUT2D eigenvalue weighted by atomic mass is 16.8. The molecule has 0 unspecified atom stereocenters. The van der Waals surface area contributed by atoms with Crippen LogP contribution in [0.3, 0.4) is 0 Å². The number of ether oxygens (including phenoxy) is 4. The maximum atomic E-state index is 11.4. The van der Waals surface area contributed by atoms with E-state index in [9.17, 15) is 15.0 Å². The van der Waals surface area contributed by atoms with Gasteiger partial charge in [-0.2, -0.15) is 0 Å². The molecule has 2 saturated heterocycles. The average Bonchev–Trinajstić information content (AvgIpc) is 2.95. The lowest BCUT2D eigenvalue weighted by Crippen LogP contribution is -2.64. The number of hydrogen-bond donors (Lipinski definition) is 2. The van der Waals surface area contributed by atoms with Crippen molar-refractivity contribution in [3.05, 3.63) is 0 Å². The Balaban J connectivity index is 1.63. The van der Waals surface area contributed by atoms with E-state index >= 15 is 0 Å². The second-order valence-electron chi connectivity index (χ2n) is 8.64. The molecule has 0 amide bonds. The highest BCUT2D eigenvalue weighted by molar-refractivity contribution is 5.66. The van der Waals surface area contributed by atoms with Crippen LogP contribution in [0.2, 0.25) is 0 Å². The maximum Gasteiger partial charge on any atom is 0.302 e. The molecule has 0 spiro atoms. The van der Waals surface area contributed by atoms with E-state index in [0.717, 1.165) is 12.8 Å². The van der Waals surface area contributed by atoms with Crippen molar-refractivity contribution in [2.75, 3.05) is 0 Å². The molecule has 2 N–H and O–H groups in total. The normalized spacial score (nSPS) is 53.7. The highest BCUT2D eigenvalue weighted by Gasteiger charge is 2.65. The second kappa shape index (κ2) is 5.63. The largest absolute Gasteiger partial charge is 0.460 e. The van der Waals surface area contributed by atoms with E-state index in [0.29, 0.717) is 6.42 Å². The molecule has 0 aromatic rings. The van der Waals surface area contributed by atoms with E-state index in [2.05, 4.69) is 0 Å². The fourth-order valence-electron chi connectivity index (χ4n) is 5.62. The van der Waals surface area contributed by atoms with Crippen LogP contribution in [0.4, 0.5) is 0 Å². The Labute approximate surface area is 147 Å². The lowest BCUT2D eigenvalue weighted by molar-refractivity contribution is -0.249. The van der Waals surface area contributed by atoms with Gasteiger partial charge < -0.3 is 29.2 Å². The third kappa shape index (κ3) is 2.72. The number of esters is 1. The van der Waals surface area contributed by atoms with E-state index < -0.39 is 35.9 Å². The number of rotatable bonds is 1. The molecule has 0 aromatic carbocycles. The van der Waals surface area contributed by atoms with Crippen LogP contribution < -0.4 is 0 Å². The van der Waals surface area contributed by atoms with Gasteiger partial charge in [0.05, 0.1) is 11.7 Å². The molecule has 4 fully saturated rings. The van der Waals surface area contributed by atoms with Crippen molar-refractivity contribution < 1.29 is 34.0 Å². The van der Waals surface area contributed by atoms with E-state index in [1.165, 1.54) is 6.92 Å². The summed E-state index contributed by atoms with van der Waals surface area (Å²) in [5.41, 5.74) is -1.39. The predicted molar refractivity (Wildman–Crippen MR) is 85.2 cm³/mol. The summed E-state index contributed by atoms with van der Waals surface area (Å²) in [6.45, 7) is 6.68. The molecule has 25 heavy (non-hydrogen) atoms. The van der Waals surface area contributed by atoms with Crippen molar-refractivity contribution in [2.45, 2.75) is 89.1 Å². The Morgan fingerprint density at radius 1 is 1.20 bits per heavy atom. The van der Waals surface area contributed by atoms with Crippen molar-refractivity contribution in [2.24, 2.45) is 17.8 Å². The topological polar surface area (TPSA) is 94.5 Å². The average molecular weight is 356 g/mol. The molecule has 7 heteroatoms. The summed E-state index contributed by atoms with van der Waals surface area (Å²) in [5.74, 6) is -1.26. The Morgan fingerprint density at radius 3 is 2.60 bits per heavy atom. The molecule has 2 aliphatic heterocycles. The van der Waals surface area contributed by atoms with Gasteiger partial charge in [-0.3, -0.25) is 4.79 Å². The van der Waals surface area contributed by atoms with E-state index in [-0.39, 0.29) is 30.0 Å². The summed E-state index contributed by atoms with van der Waals surface area (Å²) in [6.07, 6.45) is -0.283. The Kier molecular flexibility index (Phi) is 3.98. The molecule has 142 valence electrons. The van der Waals surface area contributed by atoms with Gasteiger partial charge in [0.2, 0.25) is 0 Å². The van der Waals surface area contributed by atoms with Crippen molar-refractivity contribution >= 4 is 5.97 Å². The highest BCUT2D eigenvalue weighted by Crippen LogP contribution is 2.56. The first-order valence-corrected chi connectivity index (χ1v) is 9.19. The van der Waals surface area contributed by atoms with Crippen LogP contribution >= 0.6 is 0 Å². The van der Waals surface area contributed by atoms with Crippen LogP contribution in [0.5, 0.6) is 0 Å². The van der Waals surface area contributed by atoms with E-state index in [1.807, 2.05) is 13.8 Å². The van der Waals surface area contributed by atoms with Gasteiger partial charge in [0.15, 0.2) is 12.1 Å². The van der Waals surface area contributed by atoms with Crippen molar-refractivity contribution in [1.82, 2.24) is 0 Å². The minimum atomic E-state index is -1.39. The standard InChI is InChI=1S/C18H28O7/c1-8(19)22-11-7-9-5-6-10-12(13(9)18(4,21)15(11)20)14-16(23-10)25-17(2,3)24-14/h9-16,20-21H,5-7H2,1-4H3/t9-,10-,11+,12+,13+,14-,15-,16-,18+/m1/s1. The van der Waals surface area contributed by atoms with Gasteiger partial charge in [-0.25, -0.2) is 0 Å². The molecule has 4 aliphatic rings. The van der Waals surface area contributed by atoms with Gasteiger partial charge in [0.25, 0.3) is 0 Å². The third-order valence-corrected chi connectivity index (χ3v) is 6.43. The summed E-state index contributed by atoms with van der Waals surface area (Å²) in [4.78, 5) is 11.4. The first kappa shape index (κ1) is 17.7. The summed E-state index contributed by atoms with van der Waals surface area (Å²) < 4.78 is 23.3. The lowest BCUT2D eigenvalue weighted by atomic mass is 9.56. The number of fused-ring (bicyclic) bond motifs is 5. The Morgan fingerprint density at radius 2 is 1.92 bits per heavy atom. The Bertz CT molecular complexity index is 560. The molecule has 0 aromatic heterocycles. The molecule has 2 saturated carbocycles. The molecule has 2 heterocycles. The number of carbonyl (C=O) groups excluding carboxylic acids is 1. The zero-order valence-corrected chi connectivity index (χ0v) is 15.2. The molecule has 7 nitrogen and oxygen atoms in total. The van der Waals surface area contributed by atoms with Gasteiger partial charge >= 0.3 is 5.97 Å². The zero-order valence-electron chi connectivity index (χ0n) is 15.2. The molecule has 0 radical (unpaired) electrons. The van der Waals surface area contributed by atoms with Gasteiger partial charge in [-0.15, -0.1) is 0 Å². The van der Waals surface area contributed by atoms with Crippen molar-refractivity contribution in [1.29, 1.82) is 0 Å². The Hall–Kier alpha value is -0.730. The van der Waals surface area contributed by atoms with Crippen LogP contribution in [0, 0.1) is 17.8 Å². The van der Waals surface area contributed by atoms with Crippen molar-refractivity contribution in [3.8, 4) is 0 Å². The van der Waals surface area contributed by atoms with Gasteiger partial charge in [-0.1, -0.05) is 0 Å². The molecular weight excluding hydrogens is 328 g/mol.